The van der Waals surface area contributed by atoms with Gasteiger partial charge in [0.2, 0.25) is 0 Å². The zero-order valence-electron chi connectivity index (χ0n) is 13.4. The molecule has 0 saturated carbocycles. The quantitative estimate of drug-likeness (QED) is 0.493. The van der Waals surface area contributed by atoms with E-state index in [0.717, 1.165) is 12.8 Å². The molecule has 0 fully saturated rings. The number of esters is 1. The fraction of sp³-hybridized carbons (Fsp3) is 0.611. The highest BCUT2D eigenvalue weighted by atomic mass is 16.5. The number of nitrogens with one attached hydrogen (secondary N) is 1. The van der Waals surface area contributed by atoms with Crippen LogP contribution < -0.4 is 5.32 Å². The van der Waals surface area contributed by atoms with Gasteiger partial charge in [0.15, 0.2) is 0 Å². The highest BCUT2D eigenvalue weighted by Gasteiger charge is 2.18. The molecule has 0 bridgehead atoms. The molecule has 0 saturated heterocycles. The lowest BCUT2D eigenvalue weighted by molar-refractivity contribution is -0.145. The molecule has 0 aliphatic rings. The van der Waals surface area contributed by atoms with Gasteiger partial charge in [-0.2, -0.15) is 0 Å². The highest BCUT2D eigenvalue weighted by molar-refractivity contribution is 5.75. The van der Waals surface area contributed by atoms with Gasteiger partial charge in [0.05, 0.1) is 6.61 Å². The van der Waals surface area contributed by atoms with Crippen LogP contribution in [0.2, 0.25) is 0 Å². The van der Waals surface area contributed by atoms with Gasteiger partial charge in [0, 0.05) is 6.54 Å². The number of carbonyl (C=O) groups is 1. The van der Waals surface area contributed by atoms with Crippen molar-refractivity contribution in [2.24, 2.45) is 0 Å². The predicted molar refractivity (Wildman–Crippen MR) is 87.1 cm³/mol. The van der Waals surface area contributed by atoms with Crippen LogP contribution in [0.25, 0.3) is 0 Å². The average Bonchev–Trinajstić information content (AvgIpc) is 2.51. The van der Waals surface area contributed by atoms with Crippen molar-refractivity contribution in [3.05, 3.63) is 35.9 Å². The first-order valence-corrected chi connectivity index (χ1v) is 8.21. The third-order valence-electron chi connectivity index (χ3n) is 3.56. The second-order valence-corrected chi connectivity index (χ2v) is 5.37. The van der Waals surface area contributed by atoms with Crippen molar-refractivity contribution in [2.75, 3.05) is 6.61 Å². The third-order valence-corrected chi connectivity index (χ3v) is 3.56. The topological polar surface area (TPSA) is 38.3 Å². The number of hydrogen-bond acceptors (Lipinski definition) is 3. The summed E-state index contributed by atoms with van der Waals surface area (Å²) in [5.41, 5.74) is 1.19. The Balaban J connectivity index is 2.38. The van der Waals surface area contributed by atoms with Crippen LogP contribution in [0.1, 0.15) is 57.9 Å². The summed E-state index contributed by atoms with van der Waals surface area (Å²) in [6.45, 7) is 5.22. The van der Waals surface area contributed by atoms with Gasteiger partial charge in [-0.25, -0.2) is 0 Å². The fourth-order valence-corrected chi connectivity index (χ4v) is 2.34. The van der Waals surface area contributed by atoms with E-state index < -0.39 is 0 Å². The van der Waals surface area contributed by atoms with Crippen molar-refractivity contribution < 1.29 is 9.53 Å². The van der Waals surface area contributed by atoms with Crippen LogP contribution in [0.3, 0.4) is 0 Å². The van der Waals surface area contributed by atoms with Crippen molar-refractivity contribution in [1.82, 2.24) is 5.32 Å². The molecule has 0 aliphatic carbocycles. The summed E-state index contributed by atoms with van der Waals surface area (Å²) in [7, 11) is 0. The lowest BCUT2D eigenvalue weighted by Gasteiger charge is -2.17. The molecule has 1 atom stereocenters. The second kappa shape index (κ2) is 11.3. The van der Waals surface area contributed by atoms with Crippen molar-refractivity contribution in [2.45, 2.75) is 65.0 Å². The molecule has 0 amide bonds. The van der Waals surface area contributed by atoms with E-state index in [9.17, 15) is 4.79 Å². The van der Waals surface area contributed by atoms with Gasteiger partial charge < -0.3 is 10.1 Å². The van der Waals surface area contributed by atoms with Crippen LogP contribution in [-0.2, 0) is 16.1 Å². The Bertz CT molecular complexity index is 378. The smallest absolute Gasteiger partial charge is 0.323 e. The largest absolute Gasteiger partial charge is 0.465 e. The van der Waals surface area contributed by atoms with E-state index in [2.05, 4.69) is 24.4 Å². The van der Waals surface area contributed by atoms with E-state index in [0.29, 0.717) is 13.2 Å². The minimum atomic E-state index is -0.188. The second-order valence-electron chi connectivity index (χ2n) is 5.37. The van der Waals surface area contributed by atoms with Gasteiger partial charge in [0.1, 0.15) is 6.04 Å². The summed E-state index contributed by atoms with van der Waals surface area (Å²) in [4.78, 5) is 12.0. The Labute approximate surface area is 129 Å². The van der Waals surface area contributed by atoms with Crippen molar-refractivity contribution in [3.8, 4) is 0 Å². The Morgan fingerprint density at radius 3 is 2.48 bits per heavy atom. The molecule has 0 aliphatic heterocycles. The van der Waals surface area contributed by atoms with Gasteiger partial charge in [-0.05, 0) is 18.9 Å². The van der Waals surface area contributed by atoms with E-state index in [1.54, 1.807) is 0 Å². The number of ether oxygens (including phenoxy) is 1. The first-order chi connectivity index (χ1) is 10.3. The fourth-order valence-electron chi connectivity index (χ4n) is 2.34. The molecule has 1 unspecified atom stereocenters. The zero-order valence-corrected chi connectivity index (χ0v) is 13.4. The molecular weight excluding hydrogens is 262 g/mol. The van der Waals surface area contributed by atoms with E-state index in [-0.39, 0.29) is 12.0 Å². The zero-order chi connectivity index (χ0) is 15.3. The average molecular weight is 291 g/mol. The molecule has 0 heterocycles. The molecule has 1 aromatic rings. The molecule has 1 N–H and O–H groups in total. The summed E-state index contributed by atoms with van der Waals surface area (Å²) in [5.74, 6) is -0.121. The molecule has 0 spiro atoms. The molecular formula is C18H29NO2. The summed E-state index contributed by atoms with van der Waals surface area (Å²) in [6, 6.07) is 9.97. The Morgan fingerprint density at radius 2 is 1.81 bits per heavy atom. The minimum absolute atomic E-state index is 0.121. The molecule has 118 valence electrons. The van der Waals surface area contributed by atoms with Gasteiger partial charge in [-0.3, -0.25) is 4.79 Å². The minimum Gasteiger partial charge on any atom is -0.465 e. The van der Waals surface area contributed by atoms with E-state index >= 15 is 0 Å². The first-order valence-electron chi connectivity index (χ1n) is 8.21. The Hall–Kier alpha value is -1.35. The van der Waals surface area contributed by atoms with Crippen LogP contribution in [0.5, 0.6) is 0 Å². The number of unbranched alkanes of at least 4 members (excludes halogenated alkanes) is 4. The Kier molecular flexibility index (Phi) is 9.55. The molecule has 21 heavy (non-hydrogen) atoms. The molecule has 0 radical (unpaired) electrons. The van der Waals surface area contributed by atoms with Crippen molar-refractivity contribution in [1.29, 1.82) is 0 Å². The number of rotatable bonds is 11. The van der Waals surface area contributed by atoms with Crippen LogP contribution in [-0.4, -0.2) is 18.6 Å². The first kappa shape index (κ1) is 17.7. The van der Waals surface area contributed by atoms with Crippen molar-refractivity contribution >= 4 is 5.97 Å². The van der Waals surface area contributed by atoms with Gasteiger partial charge in [-0.15, -0.1) is 0 Å². The van der Waals surface area contributed by atoms with Crippen LogP contribution in [0, 0.1) is 0 Å². The van der Waals surface area contributed by atoms with E-state index in [1.807, 2.05) is 25.1 Å². The number of carbonyl (C=O) groups excluding carboxylic acids is 1. The maximum absolute atomic E-state index is 12.0. The van der Waals surface area contributed by atoms with Gasteiger partial charge in [-0.1, -0.05) is 69.4 Å². The lowest BCUT2D eigenvalue weighted by atomic mass is 10.1. The maximum Gasteiger partial charge on any atom is 0.323 e. The SMILES string of the molecule is CCCCCCCC(NCc1ccccc1)C(=O)OCC. The molecule has 3 heteroatoms. The van der Waals surface area contributed by atoms with Gasteiger partial charge >= 0.3 is 5.97 Å². The highest BCUT2D eigenvalue weighted by Crippen LogP contribution is 2.09. The maximum atomic E-state index is 12.0. The molecule has 3 nitrogen and oxygen atoms in total. The standard InChI is InChI=1S/C18H29NO2/c1-3-5-6-7-11-14-17(18(20)21-4-2)19-15-16-12-9-8-10-13-16/h8-10,12-13,17,19H,3-7,11,14-15H2,1-2H3. The number of hydrogen-bond donors (Lipinski definition) is 1. The normalized spacial score (nSPS) is 12.1. The molecule has 1 aromatic carbocycles. The summed E-state index contributed by atoms with van der Waals surface area (Å²) >= 11 is 0. The summed E-state index contributed by atoms with van der Waals surface area (Å²) in [5, 5.41) is 3.34. The number of benzene rings is 1. The lowest BCUT2D eigenvalue weighted by Crippen LogP contribution is -2.37. The van der Waals surface area contributed by atoms with Crippen LogP contribution >= 0.6 is 0 Å². The van der Waals surface area contributed by atoms with Crippen LogP contribution in [0.15, 0.2) is 30.3 Å². The molecule has 1 rings (SSSR count). The predicted octanol–water partition coefficient (Wildman–Crippen LogP) is 4.07. The van der Waals surface area contributed by atoms with Crippen LogP contribution in [0.4, 0.5) is 0 Å². The summed E-state index contributed by atoms with van der Waals surface area (Å²) < 4.78 is 5.17. The van der Waals surface area contributed by atoms with Gasteiger partial charge in [0.25, 0.3) is 0 Å². The Morgan fingerprint density at radius 1 is 1.10 bits per heavy atom. The molecule has 0 aromatic heterocycles. The monoisotopic (exact) mass is 291 g/mol. The van der Waals surface area contributed by atoms with Crippen molar-refractivity contribution in [3.63, 3.8) is 0 Å². The van der Waals surface area contributed by atoms with E-state index in [1.165, 1.54) is 31.2 Å². The summed E-state index contributed by atoms with van der Waals surface area (Å²) in [6.07, 6.45) is 6.90. The van der Waals surface area contributed by atoms with E-state index in [4.69, 9.17) is 4.74 Å². The third kappa shape index (κ3) is 7.86.